The summed E-state index contributed by atoms with van der Waals surface area (Å²) >= 11 is 0. The van der Waals surface area contributed by atoms with Gasteiger partial charge in [-0.05, 0) is 50.5 Å². The lowest BCUT2D eigenvalue weighted by atomic mass is 10.1. The number of aryl methyl sites for hydroxylation is 2. The second-order valence-electron chi connectivity index (χ2n) is 10.1. The molecule has 12 nitrogen and oxygen atoms in total. The minimum absolute atomic E-state index is 0.133. The third-order valence-corrected chi connectivity index (χ3v) is 7.47. The minimum atomic E-state index is -0.133. The van der Waals surface area contributed by atoms with Crippen LogP contribution in [-0.2, 0) is 6.54 Å². The Morgan fingerprint density at radius 1 is 1.02 bits per heavy atom. The summed E-state index contributed by atoms with van der Waals surface area (Å²) in [5.41, 5.74) is 10.3. The maximum absolute atomic E-state index is 12.9. The van der Waals surface area contributed by atoms with Gasteiger partial charge in [0.1, 0.15) is 17.1 Å². The highest BCUT2D eigenvalue weighted by molar-refractivity contribution is 5.74. The fraction of sp³-hybridized carbons (Fsp3) is 0.267. The van der Waals surface area contributed by atoms with Gasteiger partial charge in [-0.3, -0.25) is 4.79 Å². The zero-order valence-corrected chi connectivity index (χ0v) is 23.4. The van der Waals surface area contributed by atoms with Crippen LogP contribution in [0.3, 0.4) is 0 Å². The number of benzene rings is 1. The lowest BCUT2D eigenvalue weighted by molar-refractivity contribution is 0.477. The minimum Gasteiger partial charge on any atom is -0.507 e. The Labute approximate surface area is 242 Å². The van der Waals surface area contributed by atoms with Gasteiger partial charge >= 0.3 is 0 Å². The van der Waals surface area contributed by atoms with Gasteiger partial charge in [-0.15, -0.1) is 10.2 Å². The summed E-state index contributed by atoms with van der Waals surface area (Å²) in [7, 11) is 0. The Kier molecular flexibility index (Phi) is 7.14. The van der Waals surface area contributed by atoms with E-state index in [4.69, 9.17) is 5.73 Å². The fourth-order valence-electron chi connectivity index (χ4n) is 5.11. The molecule has 42 heavy (non-hydrogen) atoms. The summed E-state index contributed by atoms with van der Waals surface area (Å²) in [5.74, 6) is 7.72. The first-order valence-corrected chi connectivity index (χ1v) is 13.7. The predicted octanol–water partition coefficient (Wildman–Crippen LogP) is 2.42. The number of aromatic hydroxyl groups is 1. The number of aromatic nitrogens is 7. The Bertz CT molecular complexity index is 1900. The third-order valence-electron chi connectivity index (χ3n) is 7.47. The Morgan fingerprint density at radius 3 is 2.69 bits per heavy atom. The first-order valence-electron chi connectivity index (χ1n) is 13.7. The molecule has 1 aliphatic heterocycles. The number of nitrogens with zero attached hydrogens (tertiary/aromatic N) is 9. The van der Waals surface area contributed by atoms with E-state index in [0.717, 1.165) is 42.3 Å². The van der Waals surface area contributed by atoms with Gasteiger partial charge in [-0.2, -0.15) is 5.10 Å². The van der Waals surface area contributed by atoms with E-state index in [1.54, 1.807) is 45.9 Å². The van der Waals surface area contributed by atoms with Crippen LogP contribution >= 0.6 is 0 Å². The number of anilines is 3. The number of nitrogens with two attached hydrogens (primary N) is 1. The van der Waals surface area contributed by atoms with Gasteiger partial charge in [0, 0.05) is 55.9 Å². The molecule has 12 heteroatoms. The van der Waals surface area contributed by atoms with E-state index in [0.29, 0.717) is 41.5 Å². The number of hydrogen-bond donors (Lipinski definition) is 2. The molecule has 0 bridgehead atoms. The van der Waals surface area contributed by atoms with Crippen LogP contribution < -0.4 is 21.1 Å². The summed E-state index contributed by atoms with van der Waals surface area (Å²) in [6.45, 7) is 6.97. The summed E-state index contributed by atoms with van der Waals surface area (Å²) in [5, 5.41) is 23.0. The van der Waals surface area contributed by atoms with Gasteiger partial charge in [0.15, 0.2) is 5.82 Å². The molecule has 3 N–H and O–H groups in total. The van der Waals surface area contributed by atoms with Crippen LogP contribution in [0, 0.1) is 25.7 Å². The smallest absolute Gasteiger partial charge is 0.277 e. The van der Waals surface area contributed by atoms with Crippen LogP contribution in [0.4, 0.5) is 17.3 Å². The Hall–Kier alpha value is -5.44. The Morgan fingerprint density at radius 2 is 1.83 bits per heavy atom. The van der Waals surface area contributed by atoms with Crippen LogP contribution in [0.2, 0.25) is 0 Å². The van der Waals surface area contributed by atoms with Crippen molar-refractivity contribution in [3.63, 3.8) is 0 Å². The van der Waals surface area contributed by atoms with Crippen molar-refractivity contribution in [1.82, 2.24) is 34.3 Å². The molecule has 1 saturated heterocycles. The van der Waals surface area contributed by atoms with Crippen molar-refractivity contribution in [2.24, 2.45) is 0 Å². The van der Waals surface area contributed by atoms with Crippen LogP contribution in [0.25, 0.3) is 16.8 Å². The number of nitrogen functional groups attached to an aromatic ring is 1. The third kappa shape index (κ3) is 5.19. The molecule has 1 aromatic carbocycles. The van der Waals surface area contributed by atoms with Gasteiger partial charge in [0.2, 0.25) is 5.82 Å². The van der Waals surface area contributed by atoms with Crippen molar-refractivity contribution in [1.29, 1.82) is 0 Å². The number of para-hydroxylation sites is 1. The maximum atomic E-state index is 12.9. The van der Waals surface area contributed by atoms with Crippen LogP contribution in [-0.4, -0.2) is 65.6 Å². The molecule has 1 aliphatic rings. The molecule has 0 spiro atoms. The molecule has 0 amide bonds. The van der Waals surface area contributed by atoms with Crippen molar-refractivity contribution in [2.75, 3.05) is 41.7 Å². The fourth-order valence-corrected chi connectivity index (χ4v) is 5.11. The maximum Gasteiger partial charge on any atom is 0.277 e. The molecule has 4 aromatic heterocycles. The molecule has 5 heterocycles. The van der Waals surface area contributed by atoms with Gasteiger partial charge in [0.25, 0.3) is 5.56 Å². The number of fused-ring (bicyclic) bond motifs is 1. The molecule has 0 saturated carbocycles. The van der Waals surface area contributed by atoms with E-state index >= 15 is 0 Å². The molecule has 0 radical (unpaired) electrons. The molecule has 212 valence electrons. The van der Waals surface area contributed by atoms with Crippen molar-refractivity contribution in [2.45, 2.75) is 26.8 Å². The molecule has 5 aromatic rings. The molecule has 0 aliphatic carbocycles. The summed E-state index contributed by atoms with van der Waals surface area (Å²) in [6, 6.07) is 10.8. The summed E-state index contributed by atoms with van der Waals surface area (Å²) in [6.07, 6.45) is 6.03. The molecular weight excluding hydrogens is 532 g/mol. The highest BCUT2D eigenvalue weighted by atomic mass is 16.3. The van der Waals surface area contributed by atoms with Crippen molar-refractivity contribution in [3.8, 4) is 28.8 Å². The van der Waals surface area contributed by atoms with E-state index < -0.39 is 0 Å². The van der Waals surface area contributed by atoms with Crippen molar-refractivity contribution in [3.05, 3.63) is 82.4 Å². The van der Waals surface area contributed by atoms with E-state index in [9.17, 15) is 9.90 Å². The highest BCUT2D eigenvalue weighted by Gasteiger charge is 2.20. The molecular formula is C30H30N10O2. The second kappa shape index (κ2) is 11.2. The average Bonchev–Trinajstić information content (AvgIpc) is 3.13. The molecule has 0 unspecified atom stereocenters. The van der Waals surface area contributed by atoms with Crippen LogP contribution in [0.15, 0.2) is 59.8 Å². The standard InChI is InChI=1S/C30H30N10O2/c1-20-21(2)36-40-18-17-39(30(42)28(20)40)12-5-9-26-32-11-10-27(33-26)38-14-6-13-37(15-16-38)24-19-23(34-35-29(24)31)22-7-3-4-8-25(22)41/h3-4,7-8,10-11,17-19,41H,6,12-16H2,1-2H3,(H2,31,35). The van der Waals surface area contributed by atoms with Crippen LogP contribution in [0.5, 0.6) is 5.75 Å². The lowest BCUT2D eigenvalue weighted by Gasteiger charge is -2.25. The molecule has 1 fully saturated rings. The topological polar surface area (TPSA) is 144 Å². The zero-order chi connectivity index (χ0) is 29.2. The quantitative estimate of drug-likeness (QED) is 0.313. The van der Waals surface area contributed by atoms with E-state index in [1.807, 2.05) is 32.0 Å². The number of phenols is 1. The van der Waals surface area contributed by atoms with Crippen molar-refractivity contribution >= 4 is 22.8 Å². The predicted molar refractivity (Wildman–Crippen MR) is 160 cm³/mol. The zero-order valence-electron chi connectivity index (χ0n) is 23.4. The number of rotatable bonds is 4. The lowest BCUT2D eigenvalue weighted by Crippen LogP contribution is -2.31. The van der Waals surface area contributed by atoms with Gasteiger partial charge in [-0.25, -0.2) is 14.5 Å². The van der Waals surface area contributed by atoms with Crippen LogP contribution in [0.1, 0.15) is 23.5 Å². The second-order valence-corrected chi connectivity index (χ2v) is 10.1. The number of phenolic OH excluding ortho intramolecular Hbond substituents is 1. The SMILES string of the molecule is Cc1nn2ccn(CC#Cc3nccc(N4CCCN(c5cc(-c6ccccc6O)nnc5N)CC4)n3)c(=O)c2c1C. The summed E-state index contributed by atoms with van der Waals surface area (Å²) < 4.78 is 3.17. The normalized spacial score (nSPS) is 13.6. The van der Waals surface area contributed by atoms with Gasteiger partial charge in [0.05, 0.1) is 23.6 Å². The van der Waals surface area contributed by atoms with E-state index in [2.05, 4.69) is 46.9 Å². The first kappa shape index (κ1) is 26.8. The largest absolute Gasteiger partial charge is 0.507 e. The van der Waals surface area contributed by atoms with Gasteiger partial charge < -0.3 is 25.2 Å². The Balaban J connectivity index is 1.16. The summed E-state index contributed by atoms with van der Waals surface area (Å²) in [4.78, 5) is 26.3. The average molecular weight is 563 g/mol. The van der Waals surface area contributed by atoms with E-state index in [-0.39, 0.29) is 17.9 Å². The van der Waals surface area contributed by atoms with Crippen molar-refractivity contribution < 1.29 is 5.11 Å². The monoisotopic (exact) mass is 562 g/mol. The highest BCUT2D eigenvalue weighted by Crippen LogP contribution is 2.31. The molecule has 6 rings (SSSR count). The van der Waals surface area contributed by atoms with Gasteiger partial charge in [-0.1, -0.05) is 18.1 Å². The molecule has 0 atom stereocenters. The first-order chi connectivity index (χ1) is 20.4. The number of hydrogen-bond acceptors (Lipinski definition) is 10. The van der Waals surface area contributed by atoms with E-state index in [1.165, 1.54) is 0 Å².